The van der Waals surface area contributed by atoms with Crippen LogP contribution in [0.5, 0.6) is 0 Å². The van der Waals surface area contributed by atoms with E-state index in [0.717, 1.165) is 0 Å². The van der Waals surface area contributed by atoms with Gasteiger partial charge < -0.3 is 9.67 Å². The number of aliphatic hydroxyl groups is 1. The lowest BCUT2D eigenvalue weighted by Gasteiger charge is -2.12. The average molecular weight is 398 g/mol. The second-order valence-corrected chi connectivity index (χ2v) is 7.52. The lowest BCUT2D eigenvalue weighted by atomic mass is 10.1. The Morgan fingerprint density at radius 3 is 2.89 bits per heavy atom. The van der Waals surface area contributed by atoms with Gasteiger partial charge in [0.2, 0.25) is 11.9 Å². The summed E-state index contributed by atoms with van der Waals surface area (Å²) in [6, 6.07) is -0.227. The first-order chi connectivity index (χ1) is 12.8. The zero-order chi connectivity index (χ0) is 19.7. The second-order valence-electron chi connectivity index (χ2n) is 6.83. The van der Waals surface area contributed by atoms with Gasteiger partial charge in [0.05, 0.1) is 6.33 Å². The predicted molar refractivity (Wildman–Crippen MR) is 95.2 cm³/mol. The number of imidazole rings is 1. The molecule has 1 aliphatic carbocycles. The Kier molecular flexibility index (Phi) is 5.66. The minimum atomic E-state index is -2.79. The standard InChI is InChI=1S/C15H20N5O6P/c1-7(2)13(22)18-15-17-12-11(14(23)19-15)16-6-20(12)9-3-8(5-21)10(4-9)26-27(24)25/h6-10,21H,3-5H2,1-2H3,(H2-,17,18,19,22,23,24,25)/p+1/t8-,9-,10+/m1/s1. The van der Waals surface area contributed by atoms with Crippen molar-refractivity contribution < 1.29 is 23.9 Å². The van der Waals surface area contributed by atoms with Gasteiger partial charge in [0.25, 0.3) is 5.56 Å². The maximum absolute atomic E-state index is 12.3. The molecule has 11 nitrogen and oxygen atoms in total. The molecule has 0 saturated heterocycles. The highest BCUT2D eigenvalue weighted by molar-refractivity contribution is 7.32. The van der Waals surface area contributed by atoms with Crippen LogP contribution in [0.25, 0.3) is 11.2 Å². The number of hydrogen-bond donors (Lipinski definition) is 4. The molecule has 1 unspecified atom stereocenters. The van der Waals surface area contributed by atoms with Crippen LogP contribution in [0, 0.1) is 11.8 Å². The number of carbonyl (C=O) groups is 1. The van der Waals surface area contributed by atoms with E-state index in [9.17, 15) is 19.3 Å². The van der Waals surface area contributed by atoms with Crippen molar-refractivity contribution in [2.45, 2.75) is 38.8 Å². The molecule has 3 rings (SSSR count). The molecule has 1 saturated carbocycles. The van der Waals surface area contributed by atoms with E-state index in [2.05, 4.69) is 20.3 Å². The van der Waals surface area contributed by atoms with Crippen molar-refractivity contribution in [2.75, 3.05) is 11.9 Å². The Balaban J connectivity index is 1.93. The zero-order valence-corrected chi connectivity index (χ0v) is 15.7. The van der Waals surface area contributed by atoms with Gasteiger partial charge in [-0.25, -0.2) is 4.98 Å². The number of amides is 1. The van der Waals surface area contributed by atoms with Crippen molar-refractivity contribution in [3.8, 4) is 0 Å². The van der Waals surface area contributed by atoms with Crippen LogP contribution < -0.4 is 10.9 Å². The van der Waals surface area contributed by atoms with Crippen molar-refractivity contribution in [1.82, 2.24) is 19.5 Å². The fourth-order valence-corrected chi connectivity index (χ4v) is 3.73. The summed E-state index contributed by atoms with van der Waals surface area (Å²) in [5.41, 5.74) is -0.0787. The van der Waals surface area contributed by atoms with Crippen molar-refractivity contribution in [2.24, 2.45) is 11.8 Å². The Hall–Kier alpha value is -2.20. The van der Waals surface area contributed by atoms with Crippen molar-refractivity contribution in [3.05, 3.63) is 16.7 Å². The van der Waals surface area contributed by atoms with Gasteiger partial charge in [0, 0.05) is 29.0 Å². The number of aliphatic hydroxyl groups excluding tert-OH is 1. The maximum Gasteiger partial charge on any atom is 0.695 e. The number of carbonyl (C=O) groups excluding carboxylic acids is 1. The smallest absolute Gasteiger partial charge is 0.396 e. The normalized spacial score (nSPS) is 23.1. The van der Waals surface area contributed by atoms with Crippen LogP contribution in [-0.2, 0) is 13.9 Å². The van der Waals surface area contributed by atoms with E-state index < -0.39 is 19.9 Å². The Morgan fingerprint density at radius 2 is 2.26 bits per heavy atom. The lowest BCUT2D eigenvalue weighted by molar-refractivity contribution is -0.118. The predicted octanol–water partition coefficient (Wildman–Crippen LogP) is 0.692. The van der Waals surface area contributed by atoms with Gasteiger partial charge in [-0.15, -0.1) is 9.42 Å². The number of H-pyrrole nitrogens is 1. The summed E-state index contributed by atoms with van der Waals surface area (Å²) >= 11 is 0. The third-order valence-electron chi connectivity index (χ3n) is 4.66. The van der Waals surface area contributed by atoms with E-state index in [-0.39, 0.29) is 47.5 Å². The summed E-state index contributed by atoms with van der Waals surface area (Å²) in [5.74, 6) is -0.865. The quantitative estimate of drug-likeness (QED) is 0.517. The molecule has 1 fully saturated rings. The van der Waals surface area contributed by atoms with Gasteiger partial charge in [-0.1, -0.05) is 13.8 Å². The summed E-state index contributed by atoms with van der Waals surface area (Å²) in [7, 11) is -2.79. The number of fused-ring (bicyclic) bond motifs is 1. The first-order valence-corrected chi connectivity index (χ1v) is 9.64. The Bertz CT molecular complexity index is 925. The highest BCUT2D eigenvalue weighted by atomic mass is 31.1. The van der Waals surface area contributed by atoms with Gasteiger partial charge in [-0.2, -0.15) is 4.98 Å². The monoisotopic (exact) mass is 398 g/mol. The summed E-state index contributed by atoms with van der Waals surface area (Å²) in [6.07, 6.45) is 1.70. The van der Waals surface area contributed by atoms with E-state index in [0.29, 0.717) is 12.8 Å². The molecule has 0 bridgehead atoms. The minimum absolute atomic E-state index is 0.0240. The molecule has 0 radical (unpaired) electrons. The second kappa shape index (κ2) is 7.81. The molecule has 0 aromatic carbocycles. The van der Waals surface area contributed by atoms with Crippen LogP contribution in [0.2, 0.25) is 0 Å². The first-order valence-electron chi connectivity index (χ1n) is 8.51. The van der Waals surface area contributed by atoms with E-state index >= 15 is 0 Å². The largest absolute Gasteiger partial charge is 0.695 e. The van der Waals surface area contributed by atoms with Crippen molar-refractivity contribution in [1.29, 1.82) is 0 Å². The first kappa shape index (κ1) is 19.6. The topological polar surface area (TPSA) is 159 Å². The van der Waals surface area contributed by atoms with Gasteiger partial charge >= 0.3 is 8.25 Å². The molecular weight excluding hydrogens is 377 g/mol. The molecule has 12 heteroatoms. The molecular formula is C15H21N5O6P+. The number of rotatable bonds is 6. The van der Waals surface area contributed by atoms with E-state index in [1.165, 1.54) is 6.33 Å². The van der Waals surface area contributed by atoms with E-state index in [1.807, 2.05) is 0 Å². The molecule has 27 heavy (non-hydrogen) atoms. The van der Waals surface area contributed by atoms with Gasteiger partial charge in [-0.05, 0) is 12.8 Å². The Morgan fingerprint density at radius 1 is 1.52 bits per heavy atom. The summed E-state index contributed by atoms with van der Waals surface area (Å²) in [4.78, 5) is 44.0. The summed E-state index contributed by atoms with van der Waals surface area (Å²) < 4.78 is 17.7. The summed E-state index contributed by atoms with van der Waals surface area (Å²) in [6.45, 7) is 3.24. The molecule has 1 aliphatic rings. The van der Waals surface area contributed by atoms with Crippen LogP contribution in [0.3, 0.4) is 0 Å². The molecule has 1 amide bonds. The van der Waals surface area contributed by atoms with Gasteiger partial charge in [-0.3, -0.25) is 19.9 Å². The van der Waals surface area contributed by atoms with Gasteiger partial charge in [0.1, 0.15) is 6.10 Å². The average Bonchev–Trinajstić information content (AvgIpc) is 3.18. The number of nitrogens with one attached hydrogen (secondary N) is 2. The molecule has 4 N–H and O–H groups in total. The van der Waals surface area contributed by atoms with Crippen LogP contribution in [0.4, 0.5) is 5.95 Å². The van der Waals surface area contributed by atoms with Crippen LogP contribution >= 0.6 is 8.25 Å². The van der Waals surface area contributed by atoms with Crippen molar-refractivity contribution in [3.63, 3.8) is 0 Å². The third-order valence-corrected chi connectivity index (χ3v) is 5.11. The third kappa shape index (κ3) is 4.06. The molecule has 2 heterocycles. The number of nitrogens with zero attached hydrogens (tertiary/aromatic N) is 3. The minimum Gasteiger partial charge on any atom is -0.396 e. The molecule has 2 aromatic heterocycles. The number of aromatic nitrogens is 4. The SMILES string of the molecule is CC(C)C(=O)Nc1nc2c(ncn2[C@@H]2C[C@H](CO)[C@@H](O[P+](=O)O)C2)c(=O)[nH]1. The van der Waals surface area contributed by atoms with E-state index in [4.69, 9.17) is 9.42 Å². The number of hydrogen-bond acceptors (Lipinski definition) is 7. The molecule has 146 valence electrons. The fourth-order valence-electron chi connectivity index (χ4n) is 3.24. The summed E-state index contributed by atoms with van der Waals surface area (Å²) in [5, 5.41) is 12.1. The Labute approximate surface area is 154 Å². The molecule has 4 atom stereocenters. The number of anilines is 1. The molecule has 0 spiro atoms. The van der Waals surface area contributed by atoms with E-state index in [1.54, 1.807) is 18.4 Å². The highest BCUT2D eigenvalue weighted by Gasteiger charge is 2.41. The lowest BCUT2D eigenvalue weighted by Crippen LogP contribution is -2.22. The number of aromatic amines is 1. The van der Waals surface area contributed by atoms with Crippen molar-refractivity contribution >= 4 is 31.3 Å². The van der Waals surface area contributed by atoms with Crippen LogP contribution in [0.1, 0.15) is 32.7 Å². The van der Waals surface area contributed by atoms with Crippen LogP contribution in [0.15, 0.2) is 11.1 Å². The molecule has 2 aromatic rings. The van der Waals surface area contributed by atoms with Crippen LogP contribution in [-0.4, -0.2) is 48.1 Å². The molecule has 0 aliphatic heterocycles. The maximum atomic E-state index is 12.3. The van der Waals surface area contributed by atoms with Gasteiger partial charge in [0.15, 0.2) is 11.2 Å². The zero-order valence-electron chi connectivity index (χ0n) is 14.8. The highest BCUT2D eigenvalue weighted by Crippen LogP contribution is 2.40. The fraction of sp³-hybridized carbons (Fsp3) is 0.600.